The van der Waals surface area contributed by atoms with Gasteiger partial charge in [0.25, 0.3) is 5.91 Å². The molecule has 1 aromatic carbocycles. The van der Waals surface area contributed by atoms with Gasteiger partial charge in [0.15, 0.2) is 0 Å². The first-order valence-electron chi connectivity index (χ1n) is 6.52. The van der Waals surface area contributed by atoms with Gasteiger partial charge in [0.1, 0.15) is 0 Å². The number of hydrogen-bond donors (Lipinski definition) is 2. The normalized spacial score (nSPS) is 16.2. The molecule has 1 saturated heterocycles. The predicted molar refractivity (Wildman–Crippen MR) is 73.9 cm³/mol. The summed E-state index contributed by atoms with van der Waals surface area (Å²) in [5.74, 6) is 0.701. The minimum atomic E-state index is -0.628. The number of primary amides is 1. The predicted octanol–water partition coefficient (Wildman–Crippen LogP) is 2.05. The highest BCUT2D eigenvalue weighted by molar-refractivity contribution is 5.96. The maximum atomic E-state index is 12.3. The third-order valence-corrected chi connectivity index (χ3v) is 3.45. The Morgan fingerprint density at radius 1 is 1.32 bits per heavy atom. The zero-order chi connectivity index (χ0) is 13.8. The fourth-order valence-corrected chi connectivity index (χ4v) is 2.27. The molecule has 5 heteroatoms. The van der Waals surface area contributed by atoms with Gasteiger partial charge in [0.2, 0.25) is 0 Å². The Kier molecular flexibility index (Phi) is 4.04. The molecule has 0 aromatic heterocycles. The fraction of sp³-hybridized carbons (Fsp3) is 0.429. The van der Waals surface area contributed by atoms with Crippen LogP contribution >= 0.6 is 0 Å². The van der Waals surface area contributed by atoms with Gasteiger partial charge in [-0.25, -0.2) is 4.79 Å². The summed E-state index contributed by atoms with van der Waals surface area (Å²) in [6, 6.07) is 6.24. The summed E-state index contributed by atoms with van der Waals surface area (Å²) in [7, 11) is 0. The first kappa shape index (κ1) is 13.4. The summed E-state index contributed by atoms with van der Waals surface area (Å²) in [5.41, 5.74) is 6.19. The number of urea groups is 1. The van der Waals surface area contributed by atoms with Gasteiger partial charge in [-0.2, -0.15) is 0 Å². The van der Waals surface area contributed by atoms with Crippen molar-refractivity contribution in [1.29, 1.82) is 0 Å². The van der Waals surface area contributed by atoms with E-state index in [1.165, 1.54) is 0 Å². The Labute approximate surface area is 112 Å². The van der Waals surface area contributed by atoms with Gasteiger partial charge < -0.3 is 16.0 Å². The molecule has 1 aromatic rings. The van der Waals surface area contributed by atoms with Gasteiger partial charge in [-0.15, -0.1) is 0 Å². The third kappa shape index (κ3) is 3.47. The van der Waals surface area contributed by atoms with Crippen molar-refractivity contribution in [2.24, 2.45) is 11.7 Å². The lowest BCUT2D eigenvalue weighted by atomic mass is 9.98. The van der Waals surface area contributed by atoms with Crippen LogP contribution < -0.4 is 11.1 Å². The Morgan fingerprint density at radius 3 is 2.63 bits per heavy atom. The van der Waals surface area contributed by atoms with E-state index >= 15 is 0 Å². The van der Waals surface area contributed by atoms with Gasteiger partial charge in [0.05, 0.1) is 0 Å². The van der Waals surface area contributed by atoms with Crippen molar-refractivity contribution in [3.63, 3.8) is 0 Å². The number of nitrogens with zero attached hydrogens (tertiary/aromatic N) is 1. The van der Waals surface area contributed by atoms with Crippen LogP contribution in [0.3, 0.4) is 0 Å². The maximum absolute atomic E-state index is 12.3. The molecule has 5 nitrogen and oxygen atoms in total. The Balaban J connectivity index is 2.08. The third-order valence-electron chi connectivity index (χ3n) is 3.45. The number of anilines is 1. The monoisotopic (exact) mass is 261 g/mol. The molecule has 1 fully saturated rings. The van der Waals surface area contributed by atoms with Crippen molar-refractivity contribution in [3.05, 3.63) is 29.8 Å². The van der Waals surface area contributed by atoms with Crippen molar-refractivity contribution in [2.75, 3.05) is 18.4 Å². The molecular weight excluding hydrogens is 242 g/mol. The van der Waals surface area contributed by atoms with Gasteiger partial charge in [0, 0.05) is 24.3 Å². The van der Waals surface area contributed by atoms with Crippen LogP contribution in [0, 0.1) is 5.92 Å². The quantitative estimate of drug-likeness (QED) is 0.855. The van der Waals surface area contributed by atoms with Crippen LogP contribution in [0.15, 0.2) is 24.3 Å². The summed E-state index contributed by atoms with van der Waals surface area (Å²) in [4.78, 5) is 25.0. The Hall–Kier alpha value is -2.04. The van der Waals surface area contributed by atoms with E-state index in [9.17, 15) is 9.59 Å². The lowest BCUT2D eigenvalue weighted by Crippen LogP contribution is -2.37. The van der Waals surface area contributed by atoms with Gasteiger partial charge in [-0.1, -0.05) is 13.0 Å². The van der Waals surface area contributed by atoms with E-state index in [1.807, 2.05) is 4.90 Å². The van der Waals surface area contributed by atoms with Crippen LogP contribution in [0.25, 0.3) is 0 Å². The van der Waals surface area contributed by atoms with Gasteiger partial charge >= 0.3 is 6.03 Å². The number of amides is 3. The van der Waals surface area contributed by atoms with E-state index in [1.54, 1.807) is 24.3 Å². The number of benzene rings is 1. The van der Waals surface area contributed by atoms with E-state index in [0.717, 1.165) is 25.9 Å². The molecule has 0 bridgehead atoms. The lowest BCUT2D eigenvalue weighted by Gasteiger charge is -2.30. The van der Waals surface area contributed by atoms with Crippen LogP contribution in [0.1, 0.15) is 30.1 Å². The molecule has 0 radical (unpaired) electrons. The molecule has 1 aliphatic rings. The van der Waals surface area contributed by atoms with E-state index < -0.39 is 6.03 Å². The first-order valence-corrected chi connectivity index (χ1v) is 6.52. The first-order chi connectivity index (χ1) is 9.06. The number of carbonyl (C=O) groups excluding carboxylic acids is 2. The minimum Gasteiger partial charge on any atom is -0.351 e. The lowest BCUT2D eigenvalue weighted by molar-refractivity contribution is 0.0697. The smallest absolute Gasteiger partial charge is 0.316 e. The van der Waals surface area contributed by atoms with E-state index in [0.29, 0.717) is 17.2 Å². The average Bonchev–Trinajstić information content (AvgIpc) is 2.38. The Bertz CT molecular complexity index is 479. The molecule has 0 unspecified atom stereocenters. The molecule has 0 spiro atoms. The average molecular weight is 261 g/mol. The summed E-state index contributed by atoms with van der Waals surface area (Å²) in [5, 5.41) is 2.48. The number of hydrogen-bond acceptors (Lipinski definition) is 2. The van der Waals surface area contributed by atoms with Crippen LogP contribution in [0.5, 0.6) is 0 Å². The summed E-state index contributed by atoms with van der Waals surface area (Å²) < 4.78 is 0. The number of nitrogens with two attached hydrogens (primary N) is 1. The fourth-order valence-electron chi connectivity index (χ4n) is 2.27. The second-order valence-electron chi connectivity index (χ2n) is 5.04. The molecule has 0 aliphatic carbocycles. The molecule has 1 aliphatic heterocycles. The molecule has 1 heterocycles. The maximum Gasteiger partial charge on any atom is 0.316 e. The van der Waals surface area contributed by atoms with Crippen LogP contribution in [-0.2, 0) is 0 Å². The molecule has 102 valence electrons. The van der Waals surface area contributed by atoms with E-state index in [-0.39, 0.29) is 5.91 Å². The van der Waals surface area contributed by atoms with E-state index in [2.05, 4.69) is 12.2 Å². The van der Waals surface area contributed by atoms with Crippen LogP contribution in [-0.4, -0.2) is 29.9 Å². The zero-order valence-corrected chi connectivity index (χ0v) is 11.1. The summed E-state index contributed by atoms with van der Waals surface area (Å²) in [6.07, 6.45) is 2.09. The second-order valence-corrected chi connectivity index (χ2v) is 5.04. The van der Waals surface area contributed by atoms with Gasteiger partial charge in [-0.3, -0.25) is 4.79 Å². The van der Waals surface area contributed by atoms with Crippen molar-refractivity contribution in [3.8, 4) is 0 Å². The molecule has 19 heavy (non-hydrogen) atoms. The number of piperidine rings is 1. The largest absolute Gasteiger partial charge is 0.351 e. The molecule has 2 rings (SSSR count). The van der Waals surface area contributed by atoms with Crippen molar-refractivity contribution in [2.45, 2.75) is 19.8 Å². The molecule has 3 N–H and O–H groups in total. The summed E-state index contributed by atoms with van der Waals surface area (Å²) >= 11 is 0. The zero-order valence-electron chi connectivity index (χ0n) is 11.1. The molecule has 3 amide bonds. The highest BCUT2D eigenvalue weighted by Crippen LogP contribution is 2.19. The molecule has 0 atom stereocenters. The van der Waals surface area contributed by atoms with Gasteiger partial charge in [-0.05, 0) is 37.0 Å². The topological polar surface area (TPSA) is 75.4 Å². The minimum absolute atomic E-state index is 0.0139. The SMILES string of the molecule is CC1CCN(C(=O)c2cccc(NC(N)=O)c2)CC1. The Morgan fingerprint density at radius 2 is 2.00 bits per heavy atom. The van der Waals surface area contributed by atoms with Crippen molar-refractivity contribution >= 4 is 17.6 Å². The number of nitrogens with one attached hydrogen (secondary N) is 1. The molecular formula is C14H19N3O2. The summed E-state index contributed by atoms with van der Waals surface area (Å²) in [6.45, 7) is 3.81. The van der Waals surface area contributed by atoms with Crippen LogP contribution in [0.2, 0.25) is 0 Å². The highest BCUT2D eigenvalue weighted by Gasteiger charge is 2.21. The van der Waals surface area contributed by atoms with E-state index in [4.69, 9.17) is 5.73 Å². The standard InChI is InChI=1S/C14H19N3O2/c1-10-5-7-17(8-6-10)13(18)11-3-2-4-12(9-11)16-14(15)19/h2-4,9-10H,5-8H2,1H3,(H3,15,16,19). The number of carbonyl (C=O) groups is 2. The highest BCUT2D eigenvalue weighted by atomic mass is 16.2. The van der Waals surface area contributed by atoms with Crippen molar-refractivity contribution in [1.82, 2.24) is 4.90 Å². The van der Waals surface area contributed by atoms with Crippen molar-refractivity contribution < 1.29 is 9.59 Å². The van der Waals surface area contributed by atoms with Crippen LogP contribution in [0.4, 0.5) is 10.5 Å². The number of rotatable bonds is 2. The second kappa shape index (κ2) is 5.73. The number of likely N-dealkylation sites (tertiary alicyclic amines) is 1. The molecule has 0 saturated carbocycles.